The normalized spacial score (nSPS) is 16.3. The number of hydrogen-bond acceptors (Lipinski definition) is 3. The van der Waals surface area contributed by atoms with Crippen molar-refractivity contribution in [3.63, 3.8) is 0 Å². The van der Waals surface area contributed by atoms with E-state index in [1.54, 1.807) is 6.20 Å². The van der Waals surface area contributed by atoms with Gasteiger partial charge in [-0.05, 0) is 24.4 Å². The Balaban J connectivity index is 1.94. The maximum atomic E-state index is 6.08. The zero-order valence-electron chi connectivity index (χ0n) is 9.68. The van der Waals surface area contributed by atoms with Gasteiger partial charge in [0, 0.05) is 11.8 Å². The Kier molecular flexibility index (Phi) is 3.22. The van der Waals surface area contributed by atoms with Crippen LogP contribution in [0.2, 0.25) is 10.3 Å². The maximum absolute atomic E-state index is 6.08. The third kappa shape index (κ3) is 2.22. The van der Waals surface area contributed by atoms with Crippen LogP contribution in [0.1, 0.15) is 31.7 Å². The molecule has 0 aliphatic heterocycles. The lowest BCUT2D eigenvalue weighted by molar-refractivity contribution is 0.467. The van der Waals surface area contributed by atoms with E-state index in [1.165, 1.54) is 31.9 Å². The third-order valence-corrected chi connectivity index (χ3v) is 3.75. The van der Waals surface area contributed by atoms with Crippen molar-refractivity contribution in [3.8, 4) is 11.3 Å². The van der Waals surface area contributed by atoms with Gasteiger partial charge in [-0.15, -0.1) is 0 Å². The van der Waals surface area contributed by atoms with Crippen LogP contribution in [-0.4, -0.2) is 19.7 Å². The van der Waals surface area contributed by atoms with Crippen LogP contribution >= 0.6 is 23.2 Å². The molecule has 4 nitrogen and oxygen atoms in total. The van der Waals surface area contributed by atoms with Crippen LogP contribution in [-0.2, 0) is 0 Å². The van der Waals surface area contributed by atoms with Gasteiger partial charge in [-0.2, -0.15) is 5.10 Å². The molecule has 18 heavy (non-hydrogen) atoms. The second-order valence-corrected chi connectivity index (χ2v) is 5.23. The Labute approximate surface area is 115 Å². The van der Waals surface area contributed by atoms with E-state index in [2.05, 4.69) is 15.1 Å². The molecule has 2 aromatic heterocycles. The van der Waals surface area contributed by atoms with Gasteiger partial charge in [-0.25, -0.2) is 9.97 Å². The van der Waals surface area contributed by atoms with Crippen LogP contribution in [0.5, 0.6) is 0 Å². The molecule has 2 aromatic rings. The Hall–Kier alpha value is -1.13. The maximum Gasteiger partial charge on any atom is 0.222 e. The summed E-state index contributed by atoms with van der Waals surface area (Å²) in [5.74, 6) is 0. The molecule has 6 heteroatoms. The van der Waals surface area contributed by atoms with Crippen molar-refractivity contribution in [1.29, 1.82) is 0 Å². The first-order valence-corrected chi connectivity index (χ1v) is 6.72. The highest BCUT2D eigenvalue weighted by Crippen LogP contribution is 2.31. The second kappa shape index (κ2) is 4.86. The van der Waals surface area contributed by atoms with Crippen LogP contribution in [0.15, 0.2) is 18.6 Å². The van der Waals surface area contributed by atoms with Crippen molar-refractivity contribution in [3.05, 3.63) is 28.9 Å². The molecule has 1 aliphatic rings. The SMILES string of the molecule is Clc1ncc(Cl)c(-c2cnn(C3CCCC3)c2)n1. The van der Waals surface area contributed by atoms with Gasteiger partial charge >= 0.3 is 0 Å². The van der Waals surface area contributed by atoms with E-state index in [1.807, 2.05) is 10.9 Å². The molecule has 0 unspecified atom stereocenters. The van der Waals surface area contributed by atoms with Crippen LogP contribution in [0.25, 0.3) is 11.3 Å². The zero-order valence-corrected chi connectivity index (χ0v) is 11.2. The van der Waals surface area contributed by atoms with E-state index in [0.29, 0.717) is 16.8 Å². The van der Waals surface area contributed by atoms with E-state index in [-0.39, 0.29) is 5.28 Å². The zero-order chi connectivity index (χ0) is 12.5. The first-order valence-electron chi connectivity index (χ1n) is 5.96. The van der Waals surface area contributed by atoms with E-state index in [4.69, 9.17) is 23.2 Å². The predicted molar refractivity (Wildman–Crippen MR) is 70.8 cm³/mol. The van der Waals surface area contributed by atoms with E-state index in [0.717, 1.165) is 5.56 Å². The van der Waals surface area contributed by atoms with E-state index in [9.17, 15) is 0 Å². The first kappa shape index (κ1) is 11.9. The molecular formula is C12H12Cl2N4. The monoisotopic (exact) mass is 282 g/mol. The standard InChI is InChI=1S/C12H12Cl2N4/c13-10-6-15-12(14)17-11(10)8-5-16-18(7-8)9-3-1-2-4-9/h5-7,9H,1-4H2. The molecule has 0 N–H and O–H groups in total. The molecule has 1 fully saturated rings. The molecule has 1 saturated carbocycles. The molecule has 1 aliphatic carbocycles. The van der Waals surface area contributed by atoms with Gasteiger partial charge in [0.1, 0.15) is 0 Å². The van der Waals surface area contributed by atoms with Crippen LogP contribution in [0, 0.1) is 0 Å². The fraction of sp³-hybridized carbons (Fsp3) is 0.417. The van der Waals surface area contributed by atoms with E-state index >= 15 is 0 Å². The summed E-state index contributed by atoms with van der Waals surface area (Å²) in [6.45, 7) is 0. The number of aromatic nitrogens is 4. The molecule has 2 heterocycles. The highest BCUT2D eigenvalue weighted by atomic mass is 35.5. The molecule has 0 bridgehead atoms. The minimum absolute atomic E-state index is 0.197. The lowest BCUT2D eigenvalue weighted by atomic mass is 10.2. The van der Waals surface area contributed by atoms with E-state index < -0.39 is 0 Å². The number of hydrogen-bond donors (Lipinski definition) is 0. The summed E-state index contributed by atoms with van der Waals surface area (Å²) >= 11 is 11.9. The Morgan fingerprint density at radius 2 is 1.94 bits per heavy atom. The minimum atomic E-state index is 0.197. The van der Waals surface area contributed by atoms with Crippen LogP contribution < -0.4 is 0 Å². The van der Waals surface area contributed by atoms with Crippen molar-refractivity contribution in [2.24, 2.45) is 0 Å². The van der Waals surface area contributed by atoms with Gasteiger partial charge in [0.05, 0.1) is 29.2 Å². The highest BCUT2D eigenvalue weighted by molar-refractivity contribution is 6.33. The lowest BCUT2D eigenvalue weighted by Crippen LogP contribution is -2.04. The van der Waals surface area contributed by atoms with Gasteiger partial charge in [0.25, 0.3) is 0 Å². The first-order chi connectivity index (χ1) is 8.74. The largest absolute Gasteiger partial charge is 0.269 e. The summed E-state index contributed by atoms with van der Waals surface area (Å²) in [7, 11) is 0. The van der Waals surface area contributed by atoms with Crippen LogP contribution in [0.4, 0.5) is 0 Å². The van der Waals surface area contributed by atoms with Gasteiger partial charge in [-0.3, -0.25) is 4.68 Å². The smallest absolute Gasteiger partial charge is 0.222 e. The molecule has 3 rings (SSSR count). The number of halogens is 2. The minimum Gasteiger partial charge on any atom is -0.269 e. The third-order valence-electron chi connectivity index (χ3n) is 3.29. The summed E-state index contributed by atoms with van der Waals surface area (Å²) in [6, 6.07) is 0.509. The second-order valence-electron chi connectivity index (χ2n) is 4.48. The summed E-state index contributed by atoms with van der Waals surface area (Å²) in [4.78, 5) is 8.00. The fourth-order valence-corrected chi connectivity index (χ4v) is 2.71. The van der Waals surface area contributed by atoms with Crippen molar-refractivity contribution in [2.45, 2.75) is 31.7 Å². The number of nitrogens with zero attached hydrogens (tertiary/aromatic N) is 4. The Morgan fingerprint density at radius 1 is 1.17 bits per heavy atom. The summed E-state index contributed by atoms with van der Waals surface area (Å²) < 4.78 is 2.01. The average molecular weight is 283 g/mol. The summed E-state index contributed by atoms with van der Waals surface area (Å²) in [6.07, 6.45) is 10.2. The van der Waals surface area contributed by atoms with Crippen molar-refractivity contribution < 1.29 is 0 Å². The molecule has 94 valence electrons. The van der Waals surface area contributed by atoms with Crippen molar-refractivity contribution in [2.75, 3.05) is 0 Å². The molecule has 0 spiro atoms. The van der Waals surface area contributed by atoms with Crippen molar-refractivity contribution in [1.82, 2.24) is 19.7 Å². The molecule has 0 aromatic carbocycles. The Morgan fingerprint density at radius 3 is 2.72 bits per heavy atom. The average Bonchev–Trinajstić information content (AvgIpc) is 3.00. The van der Waals surface area contributed by atoms with Crippen LogP contribution in [0.3, 0.4) is 0 Å². The summed E-state index contributed by atoms with van der Waals surface area (Å²) in [5, 5.41) is 5.09. The van der Waals surface area contributed by atoms with Gasteiger partial charge in [-0.1, -0.05) is 24.4 Å². The molecular weight excluding hydrogens is 271 g/mol. The molecule has 0 amide bonds. The predicted octanol–water partition coefficient (Wildman–Crippen LogP) is 3.76. The molecule has 0 radical (unpaired) electrons. The van der Waals surface area contributed by atoms with Gasteiger partial charge in [0.2, 0.25) is 5.28 Å². The lowest BCUT2D eigenvalue weighted by Gasteiger charge is -2.08. The fourth-order valence-electron chi connectivity index (χ4n) is 2.38. The quantitative estimate of drug-likeness (QED) is 0.788. The summed E-state index contributed by atoms with van der Waals surface area (Å²) in [5.41, 5.74) is 1.53. The molecule has 0 atom stereocenters. The number of rotatable bonds is 2. The topological polar surface area (TPSA) is 43.6 Å². The Bertz CT molecular complexity index is 561. The van der Waals surface area contributed by atoms with Crippen molar-refractivity contribution >= 4 is 23.2 Å². The van der Waals surface area contributed by atoms with Gasteiger partial charge in [0.15, 0.2) is 0 Å². The molecule has 0 saturated heterocycles. The highest BCUT2D eigenvalue weighted by Gasteiger charge is 2.18. The van der Waals surface area contributed by atoms with Gasteiger partial charge < -0.3 is 0 Å².